The van der Waals surface area contributed by atoms with Gasteiger partial charge in [-0.1, -0.05) is 24.3 Å². The van der Waals surface area contributed by atoms with E-state index in [1.54, 1.807) is 6.07 Å². The molecule has 4 atom stereocenters. The minimum Gasteiger partial charge on any atom is -0.480 e. The summed E-state index contributed by atoms with van der Waals surface area (Å²) in [5.74, 6) is -2.09. The van der Waals surface area contributed by atoms with E-state index in [0.29, 0.717) is 5.56 Å². The standard InChI is InChI=1S/C15H21NO7/c16-10(15(22)23)7-8-3-1-2-4-9(8)12(19)14(21)13(20)11(18)5-6-17/h1-4,10-11,13-14,17-18,20-21H,5-7,16H2,(H,22,23). The van der Waals surface area contributed by atoms with E-state index >= 15 is 0 Å². The fourth-order valence-corrected chi connectivity index (χ4v) is 2.09. The van der Waals surface area contributed by atoms with Crippen molar-refractivity contribution in [2.45, 2.75) is 37.2 Å². The number of aliphatic hydroxyl groups is 4. The third-order valence-electron chi connectivity index (χ3n) is 3.45. The maximum atomic E-state index is 12.3. The number of hydrogen-bond donors (Lipinski definition) is 6. The van der Waals surface area contributed by atoms with Gasteiger partial charge in [-0.3, -0.25) is 9.59 Å². The molecule has 0 aliphatic carbocycles. The van der Waals surface area contributed by atoms with Crippen LogP contribution in [0.5, 0.6) is 0 Å². The predicted octanol–water partition coefficient (Wildman–Crippen LogP) is -1.71. The largest absolute Gasteiger partial charge is 0.480 e. The zero-order valence-electron chi connectivity index (χ0n) is 12.4. The molecule has 0 aliphatic heterocycles. The van der Waals surface area contributed by atoms with Crippen LogP contribution in [-0.2, 0) is 11.2 Å². The highest BCUT2D eigenvalue weighted by Gasteiger charge is 2.31. The first-order valence-electron chi connectivity index (χ1n) is 7.05. The van der Waals surface area contributed by atoms with Crippen LogP contribution in [-0.4, -0.2) is 68.2 Å². The van der Waals surface area contributed by atoms with Crippen molar-refractivity contribution in [1.82, 2.24) is 0 Å². The molecule has 128 valence electrons. The van der Waals surface area contributed by atoms with E-state index < -0.39 is 42.7 Å². The summed E-state index contributed by atoms with van der Waals surface area (Å²) in [6, 6.07) is 4.77. The minimum absolute atomic E-state index is 0.0203. The summed E-state index contributed by atoms with van der Waals surface area (Å²) in [5, 5.41) is 46.8. The zero-order valence-corrected chi connectivity index (χ0v) is 12.4. The predicted molar refractivity (Wildman–Crippen MR) is 79.8 cm³/mol. The molecular formula is C15H21NO7. The number of carboxylic acids is 1. The lowest BCUT2D eigenvalue weighted by molar-refractivity contribution is -0.138. The van der Waals surface area contributed by atoms with E-state index in [0.717, 1.165) is 0 Å². The van der Waals surface area contributed by atoms with Crippen molar-refractivity contribution in [2.75, 3.05) is 6.61 Å². The molecule has 8 nitrogen and oxygen atoms in total. The number of carboxylic acid groups (broad SMARTS) is 1. The van der Waals surface area contributed by atoms with Crippen molar-refractivity contribution < 1.29 is 35.1 Å². The highest BCUT2D eigenvalue weighted by molar-refractivity contribution is 6.01. The van der Waals surface area contributed by atoms with E-state index in [-0.39, 0.29) is 18.4 Å². The van der Waals surface area contributed by atoms with Crippen molar-refractivity contribution in [1.29, 1.82) is 0 Å². The number of aliphatic carboxylic acids is 1. The molecule has 0 aliphatic rings. The van der Waals surface area contributed by atoms with Gasteiger partial charge in [-0.2, -0.15) is 0 Å². The van der Waals surface area contributed by atoms with Crippen molar-refractivity contribution >= 4 is 11.8 Å². The first-order chi connectivity index (χ1) is 10.8. The zero-order chi connectivity index (χ0) is 17.6. The summed E-state index contributed by atoms with van der Waals surface area (Å²) in [6.07, 6.45) is -5.46. The number of aliphatic hydroxyl groups excluding tert-OH is 4. The van der Waals surface area contributed by atoms with Crippen LogP contribution in [0.2, 0.25) is 0 Å². The Kier molecular flexibility index (Phi) is 7.27. The van der Waals surface area contributed by atoms with Gasteiger partial charge in [0.05, 0.1) is 6.10 Å². The molecule has 0 saturated carbocycles. The van der Waals surface area contributed by atoms with E-state index in [2.05, 4.69) is 0 Å². The second kappa shape index (κ2) is 8.70. The molecular weight excluding hydrogens is 306 g/mol. The number of ketones is 1. The van der Waals surface area contributed by atoms with Crippen LogP contribution < -0.4 is 5.73 Å². The van der Waals surface area contributed by atoms with E-state index in [1.807, 2.05) is 0 Å². The Bertz CT molecular complexity index is 548. The van der Waals surface area contributed by atoms with Gasteiger partial charge in [-0.15, -0.1) is 0 Å². The number of nitrogens with two attached hydrogens (primary N) is 1. The topological polar surface area (TPSA) is 161 Å². The lowest BCUT2D eigenvalue weighted by atomic mass is 9.92. The second-order valence-corrected chi connectivity index (χ2v) is 5.19. The van der Waals surface area contributed by atoms with Gasteiger partial charge in [0.1, 0.15) is 18.2 Å². The summed E-state index contributed by atoms with van der Waals surface area (Å²) in [7, 11) is 0. The fourth-order valence-electron chi connectivity index (χ4n) is 2.09. The molecule has 0 fully saturated rings. The van der Waals surface area contributed by atoms with Crippen molar-refractivity contribution in [2.24, 2.45) is 5.73 Å². The third-order valence-corrected chi connectivity index (χ3v) is 3.45. The first kappa shape index (κ1) is 19.2. The average molecular weight is 327 g/mol. The van der Waals surface area contributed by atoms with Gasteiger partial charge >= 0.3 is 5.97 Å². The molecule has 1 rings (SSSR count). The molecule has 23 heavy (non-hydrogen) atoms. The Morgan fingerprint density at radius 3 is 2.30 bits per heavy atom. The summed E-state index contributed by atoms with van der Waals surface area (Å²) in [6.45, 7) is -0.414. The van der Waals surface area contributed by atoms with Gasteiger partial charge in [0.15, 0.2) is 5.78 Å². The number of Topliss-reactive ketones (excluding diaryl/α,β-unsaturated/α-hetero) is 1. The van der Waals surface area contributed by atoms with Crippen LogP contribution in [0.25, 0.3) is 0 Å². The first-order valence-corrected chi connectivity index (χ1v) is 7.05. The molecule has 0 heterocycles. The van der Waals surface area contributed by atoms with Gasteiger partial charge in [0.2, 0.25) is 0 Å². The Morgan fingerprint density at radius 1 is 1.13 bits per heavy atom. The molecule has 0 bridgehead atoms. The highest BCUT2D eigenvalue weighted by atomic mass is 16.4. The summed E-state index contributed by atoms with van der Waals surface area (Å²) in [4.78, 5) is 23.1. The molecule has 4 unspecified atom stereocenters. The SMILES string of the molecule is NC(Cc1ccccc1C(=O)C(O)C(O)C(O)CCO)C(=O)O. The average Bonchev–Trinajstić information content (AvgIpc) is 2.53. The smallest absolute Gasteiger partial charge is 0.320 e. The maximum Gasteiger partial charge on any atom is 0.320 e. The highest BCUT2D eigenvalue weighted by Crippen LogP contribution is 2.16. The Hall–Kier alpha value is -1.84. The molecule has 8 heteroatoms. The molecule has 0 saturated heterocycles. The van der Waals surface area contributed by atoms with Crippen molar-refractivity contribution in [3.8, 4) is 0 Å². The van der Waals surface area contributed by atoms with Crippen LogP contribution in [0.4, 0.5) is 0 Å². The van der Waals surface area contributed by atoms with Crippen LogP contribution in [0, 0.1) is 0 Å². The van der Waals surface area contributed by atoms with Gasteiger partial charge in [0, 0.05) is 12.2 Å². The van der Waals surface area contributed by atoms with E-state index in [1.165, 1.54) is 18.2 Å². The lowest BCUT2D eigenvalue weighted by Crippen LogP contribution is -2.43. The summed E-state index contributed by atoms with van der Waals surface area (Å²) >= 11 is 0. The molecule has 0 radical (unpaired) electrons. The summed E-state index contributed by atoms with van der Waals surface area (Å²) < 4.78 is 0. The van der Waals surface area contributed by atoms with Gasteiger partial charge in [-0.25, -0.2) is 0 Å². The molecule has 1 aromatic rings. The number of hydrogen-bond acceptors (Lipinski definition) is 7. The van der Waals surface area contributed by atoms with Gasteiger partial charge < -0.3 is 31.3 Å². The van der Waals surface area contributed by atoms with Gasteiger partial charge in [-0.05, 0) is 18.4 Å². The Balaban J connectivity index is 2.97. The van der Waals surface area contributed by atoms with Gasteiger partial charge in [0.25, 0.3) is 0 Å². The molecule has 1 aromatic carbocycles. The monoisotopic (exact) mass is 327 g/mol. The van der Waals surface area contributed by atoms with Crippen molar-refractivity contribution in [3.05, 3.63) is 35.4 Å². The molecule has 0 amide bonds. The molecule has 0 aromatic heterocycles. The molecule has 7 N–H and O–H groups in total. The van der Waals surface area contributed by atoms with E-state index in [4.69, 9.17) is 15.9 Å². The van der Waals surface area contributed by atoms with Crippen LogP contribution in [0.1, 0.15) is 22.3 Å². The number of carbonyl (C=O) groups excluding carboxylic acids is 1. The third kappa shape index (κ3) is 5.08. The molecule has 0 spiro atoms. The Morgan fingerprint density at radius 2 is 1.74 bits per heavy atom. The second-order valence-electron chi connectivity index (χ2n) is 5.19. The Labute approximate surface area is 132 Å². The normalized spacial score (nSPS) is 16.4. The number of benzene rings is 1. The minimum atomic E-state index is -1.90. The van der Waals surface area contributed by atoms with E-state index in [9.17, 15) is 24.9 Å². The van der Waals surface area contributed by atoms with Crippen LogP contribution >= 0.6 is 0 Å². The maximum absolute atomic E-state index is 12.3. The van der Waals surface area contributed by atoms with Crippen molar-refractivity contribution in [3.63, 3.8) is 0 Å². The number of rotatable bonds is 9. The van der Waals surface area contributed by atoms with Crippen LogP contribution in [0.3, 0.4) is 0 Å². The fraction of sp³-hybridized carbons (Fsp3) is 0.467. The quantitative estimate of drug-likeness (QED) is 0.292. The van der Waals surface area contributed by atoms with Crippen LogP contribution in [0.15, 0.2) is 24.3 Å². The lowest BCUT2D eigenvalue weighted by Gasteiger charge is -2.22. The summed E-state index contributed by atoms with van der Waals surface area (Å²) in [5.41, 5.74) is 5.79. The number of carbonyl (C=O) groups is 2.